The molecule has 0 unspecified atom stereocenters. The van der Waals surface area contributed by atoms with Crippen molar-refractivity contribution in [3.8, 4) is 0 Å². The van der Waals surface area contributed by atoms with Crippen molar-refractivity contribution in [1.29, 1.82) is 0 Å². The number of aryl methyl sites for hydroxylation is 1. The average molecular weight is 494 g/mol. The number of aromatic nitrogens is 1. The number of rotatable bonds is 8. The highest BCUT2D eigenvalue weighted by atomic mass is 32.2. The lowest BCUT2D eigenvalue weighted by atomic mass is 10.1. The first kappa shape index (κ1) is 24.0. The molecule has 0 radical (unpaired) electrons. The van der Waals surface area contributed by atoms with Crippen LogP contribution in [0, 0.1) is 6.92 Å². The Labute approximate surface area is 201 Å². The van der Waals surface area contributed by atoms with E-state index in [9.17, 15) is 18.0 Å². The van der Waals surface area contributed by atoms with Crippen LogP contribution < -0.4 is 15.7 Å². The Morgan fingerprint density at radius 1 is 1.03 bits per heavy atom. The molecular weight excluding hydrogens is 470 g/mol. The Bertz CT molecular complexity index is 1520. The molecule has 1 atom stereocenters. The van der Waals surface area contributed by atoms with Crippen LogP contribution in [0.4, 0.5) is 11.7 Å². The second-order valence-corrected chi connectivity index (χ2v) is 9.45. The Balaban J connectivity index is 1.65. The van der Waals surface area contributed by atoms with E-state index in [4.69, 9.17) is 9.15 Å². The molecule has 4 rings (SSSR count). The van der Waals surface area contributed by atoms with Gasteiger partial charge in [-0.2, -0.15) is 4.98 Å². The van der Waals surface area contributed by atoms with Gasteiger partial charge in [0.2, 0.25) is 0 Å². The van der Waals surface area contributed by atoms with Crippen molar-refractivity contribution in [2.75, 3.05) is 17.1 Å². The zero-order chi connectivity index (χ0) is 25.0. The molecule has 0 aliphatic carbocycles. The molecule has 2 N–H and O–H groups in total. The van der Waals surface area contributed by atoms with Crippen LogP contribution in [0.5, 0.6) is 0 Å². The maximum Gasteiger partial charge on any atom is 0.348 e. The zero-order valence-corrected chi connectivity index (χ0v) is 19.8. The third-order valence-corrected chi connectivity index (χ3v) is 6.80. The molecule has 180 valence electrons. The third kappa shape index (κ3) is 5.33. The molecule has 0 aliphatic heterocycles. The molecule has 0 amide bonds. The highest BCUT2D eigenvalue weighted by molar-refractivity contribution is 7.92. The molecular formula is C25H23N3O6S. The normalized spacial score (nSPS) is 12.2. The van der Waals surface area contributed by atoms with E-state index in [1.165, 1.54) is 31.4 Å². The van der Waals surface area contributed by atoms with Gasteiger partial charge in [0.05, 0.1) is 28.6 Å². The van der Waals surface area contributed by atoms with Gasteiger partial charge in [-0.1, -0.05) is 48.5 Å². The van der Waals surface area contributed by atoms with E-state index in [0.717, 1.165) is 5.56 Å². The molecule has 0 fully saturated rings. The minimum Gasteiger partial charge on any atom is -0.467 e. The first-order valence-corrected chi connectivity index (χ1v) is 12.2. The van der Waals surface area contributed by atoms with Crippen LogP contribution in [0.25, 0.3) is 10.9 Å². The number of fused-ring (bicyclic) bond motifs is 1. The van der Waals surface area contributed by atoms with Crippen LogP contribution in [-0.2, 0) is 26.0 Å². The summed E-state index contributed by atoms with van der Waals surface area (Å²) < 4.78 is 38.1. The number of sulfonamides is 1. The fourth-order valence-corrected chi connectivity index (χ4v) is 4.77. The molecule has 9 nitrogen and oxygen atoms in total. The summed E-state index contributed by atoms with van der Waals surface area (Å²) in [6, 6.07) is 19.2. The SMILES string of the molecule is COC(=O)[C@@H](Cc1ccccc1)Nc1nc2ccc(NS(=O)(=O)c3ccccc3)c(C)c2c(=O)o1. The number of nitrogens with zero attached hydrogens (tertiary/aromatic N) is 1. The largest absolute Gasteiger partial charge is 0.467 e. The van der Waals surface area contributed by atoms with E-state index in [2.05, 4.69) is 15.0 Å². The smallest absolute Gasteiger partial charge is 0.348 e. The lowest BCUT2D eigenvalue weighted by Gasteiger charge is -2.16. The summed E-state index contributed by atoms with van der Waals surface area (Å²) in [5, 5.41) is 2.97. The summed E-state index contributed by atoms with van der Waals surface area (Å²) in [5.74, 6) is -0.541. The predicted molar refractivity (Wildman–Crippen MR) is 132 cm³/mol. The Morgan fingerprint density at radius 2 is 1.69 bits per heavy atom. The number of methoxy groups -OCH3 is 1. The highest BCUT2D eigenvalue weighted by Crippen LogP contribution is 2.26. The number of ether oxygens (including phenoxy) is 1. The molecule has 0 saturated carbocycles. The zero-order valence-electron chi connectivity index (χ0n) is 19.0. The van der Waals surface area contributed by atoms with E-state index in [1.54, 1.807) is 25.1 Å². The quantitative estimate of drug-likeness (QED) is 0.357. The monoisotopic (exact) mass is 493 g/mol. The molecule has 3 aromatic carbocycles. The fraction of sp³-hybridized carbons (Fsp3) is 0.160. The summed E-state index contributed by atoms with van der Waals surface area (Å²) >= 11 is 0. The minimum absolute atomic E-state index is 0.0940. The standard InChI is InChI=1S/C25H23N3O6S/c1-16-19(28-35(31,32)18-11-7-4-8-12-18)13-14-20-22(16)24(30)34-25(26-20)27-21(23(29)33-2)15-17-9-5-3-6-10-17/h3-14,21,28H,15H2,1-2H3,(H,26,27)/t21-/m1/s1. The van der Waals surface area contributed by atoms with Crippen LogP contribution in [0.1, 0.15) is 11.1 Å². The average Bonchev–Trinajstić information content (AvgIpc) is 2.86. The number of hydrogen-bond acceptors (Lipinski definition) is 8. The van der Waals surface area contributed by atoms with Gasteiger partial charge in [0.15, 0.2) is 0 Å². The molecule has 35 heavy (non-hydrogen) atoms. The summed E-state index contributed by atoms with van der Waals surface area (Å²) in [6.45, 7) is 1.60. The lowest BCUT2D eigenvalue weighted by molar-refractivity contribution is -0.141. The Kier molecular flexibility index (Phi) is 6.83. The van der Waals surface area contributed by atoms with Crippen LogP contribution >= 0.6 is 0 Å². The lowest BCUT2D eigenvalue weighted by Crippen LogP contribution is -2.33. The second-order valence-electron chi connectivity index (χ2n) is 7.77. The van der Waals surface area contributed by atoms with E-state index in [0.29, 0.717) is 5.56 Å². The van der Waals surface area contributed by atoms with Gasteiger partial charge in [0.25, 0.3) is 16.0 Å². The number of carbonyl (C=O) groups excluding carboxylic acids is 1. The van der Waals surface area contributed by atoms with E-state index < -0.39 is 27.7 Å². The van der Waals surface area contributed by atoms with Crippen molar-refractivity contribution in [2.45, 2.75) is 24.3 Å². The molecule has 0 bridgehead atoms. The van der Waals surface area contributed by atoms with Gasteiger partial charge in [-0.05, 0) is 42.3 Å². The molecule has 0 saturated heterocycles. The first-order chi connectivity index (χ1) is 16.8. The number of nitrogens with one attached hydrogen (secondary N) is 2. The van der Waals surface area contributed by atoms with Crippen LogP contribution in [-0.4, -0.2) is 32.5 Å². The molecule has 0 spiro atoms. The van der Waals surface area contributed by atoms with Crippen molar-refractivity contribution in [3.05, 3.63) is 94.3 Å². The van der Waals surface area contributed by atoms with Crippen LogP contribution in [0.3, 0.4) is 0 Å². The maximum atomic E-state index is 12.8. The van der Waals surface area contributed by atoms with Gasteiger partial charge >= 0.3 is 11.6 Å². The predicted octanol–water partition coefficient (Wildman–Crippen LogP) is 3.49. The number of anilines is 2. The fourth-order valence-electron chi connectivity index (χ4n) is 3.63. The topological polar surface area (TPSA) is 128 Å². The Hall–Kier alpha value is -4.18. The van der Waals surface area contributed by atoms with E-state index in [-0.39, 0.29) is 33.9 Å². The highest BCUT2D eigenvalue weighted by Gasteiger charge is 2.23. The Morgan fingerprint density at radius 3 is 2.34 bits per heavy atom. The number of esters is 1. The summed E-state index contributed by atoms with van der Waals surface area (Å²) in [6.07, 6.45) is 0.288. The summed E-state index contributed by atoms with van der Waals surface area (Å²) in [4.78, 5) is 29.6. The summed E-state index contributed by atoms with van der Waals surface area (Å²) in [7, 11) is -2.58. The number of hydrogen-bond donors (Lipinski definition) is 2. The first-order valence-electron chi connectivity index (χ1n) is 10.7. The van der Waals surface area contributed by atoms with E-state index >= 15 is 0 Å². The molecule has 0 aliphatic rings. The van der Waals surface area contributed by atoms with Crippen LogP contribution in [0.15, 0.2) is 86.9 Å². The third-order valence-electron chi connectivity index (χ3n) is 5.42. The van der Waals surface area contributed by atoms with Crippen molar-refractivity contribution in [1.82, 2.24) is 4.98 Å². The van der Waals surface area contributed by atoms with Gasteiger partial charge in [0, 0.05) is 6.42 Å². The van der Waals surface area contributed by atoms with Gasteiger partial charge in [0.1, 0.15) is 6.04 Å². The van der Waals surface area contributed by atoms with Gasteiger partial charge in [-0.25, -0.2) is 18.0 Å². The summed E-state index contributed by atoms with van der Waals surface area (Å²) in [5.41, 5.74) is 1.03. The molecule has 4 aromatic rings. The van der Waals surface area contributed by atoms with Crippen molar-refractivity contribution >= 4 is 38.6 Å². The molecule has 1 aromatic heterocycles. The minimum atomic E-state index is -3.85. The van der Waals surface area contributed by atoms with Crippen molar-refractivity contribution in [2.24, 2.45) is 0 Å². The molecule has 10 heteroatoms. The number of carbonyl (C=O) groups is 1. The van der Waals surface area contributed by atoms with Crippen molar-refractivity contribution < 1.29 is 22.4 Å². The van der Waals surface area contributed by atoms with E-state index in [1.807, 2.05) is 30.3 Å². The maximum absolute atomic E-state index is 12.8. The second kappa shape index (κ2) is 9.98. The van der Waals surface area contributed by atoms with Crippen molar-refractivity contribution in [3.63, 3.8) is 0 Å². The van der Waals surface area contributed by atoms with Gasteiger partial charge < -0.3 is 14.5 Å². The van der Waals surface area contributed by atoms with Gasteiger partial charge in [-0.15, -0.1) is 0 Å². The van der Waals surface area contributed by atoms with Crippen LogP contribution in [0.2, 0.25) is 0 Å². The molecule has 1 heterocycles. The van der Waals surface area contributed by atoms with Gasteiger partial charge in [-0.3, -0.25) is 4.72 Å². The number of benzene rings is 3.